The maximum absolute atomic E-state index is 8.59. The van der Waals surface area contributed by atoms with E-state index in [9.17, 15) is 0 Å². The molecule has 0 saturated heterocycles. The van der Waals surface area contributed by atoms with E-state index in [1.54, 1.807) is 0 Å². The van der Waals surface area contributed by atoms with Crippen LogP contribution in [0, 0.1) is 11.8 Å². The predicted octanol–water partition coefficient (Wildman–Crippen LogP) is 2.53. The number of aliphatic hydroxyl groups excluding tert-OH is 1. The summed E-state index contributed by atoms with van der Waals surface area (Å²) in [6, 6.07) is 0. The van der Waals surface area contributed by atoms with Gasteiger partial charge in [-0.05, 0) is 37.5 Å². The summed E-state index contributed by atoms with van der Waals surface area (Å²) >= 11 is 0. The highest BCUT2D eigenvalue weighted by Gasteiger charge is 2.16. The fourth-order valence-corrected chi connectivity index (χ4v) is 1.83. The third-order valence-corrected chi connectivity index (χ3v) is 2.66. The zero-order valence-corrected chi connectivity index (χ0v) is 7.58. The van der Waals surface area contributed by atoms with E-state index >= 15 is 0 Å². The molecule has 1 N–H and O–H groups in total. The molecule has 1 fully saturated rings. The van der Waals surface area contributed by atoms with Crippen LogP contribution in [0.2, 0.25) is 0 Å². The van der Waals surface area contributed by atoms with Crippen molar-refractivity contribution in [3.8, 4) is 0 Å². The molecular weight excluding hydrogens is 148 g/mol. The minimum Gasteiger partial charge on any atom is -0.392 e. The van der Waals surface area contributed by atoms with Crippen LogP contribution in [0.4, 0.5) is 0 Å². The van der Waals surface area contributed by atoms with Crippen molar-refractivity contribution in [1.82, 2.24) is 0 Å². The Morgan fingerprint density at radius 1 is 1.17 bits per heavy atom. The van der Waals surface area contributed by atoms with Gasteiger partial charge >= 0.3 is 0 Å². The fraction of sp³-hybridized carbons (Fsp3) is 0.636. The van der Waals surface area contributed by atoms with E-state index in [2.05, 4.69) is 18.7 Å². The Labute approximate surface area is 74.8 Å². The molecule has 0 amide bonds. The van der Waals surface area contributed by atoms with Crippen molar-refractivity contribution in [1.29, 1.82) is 0 Å². The standard InChI is InChI=1S/C11H18O/c1-2-10-5-7-11(8-6-10)4-3-9-12/h2-4,10-12H,1,5-9H2. The van der Waals surface area contributed by atoms with Crippen LogP contribution in [-0.4, -0.2) is 11.7 Å². The lowest BCUT2D eigenvalue weighted by Gasteiger charge is -2.24. The van der Waals surface area contributed by atoms with Crippen molar-refractivity contribution in [3.05, 3.63) is 24.8 Å². The lowest BCUT2D eigenvalue weighted by molar-refractivity contribution is 0.334. The molecule has 0 unspecified atom stereocenters. The van der Waals surface area contributed by atoms with E-state index in [0.29, 0.717) is 5.92 Å². The SMILES string of the molecule is C=CC1CCC(C=CCO)CC1. The molecule has 0 aromatic carbocycles. The second-order valence-electron chi connectivity index (χ2n) is 3.52. The van der Waals surface area contributed by atoms with Gasteiger partial charge in [0.1, 0.15) is 0 Å². The van der Waals surface area contributed by atoms with Gasteiger partial charge in [0.2, 0.25) is 0 Å². The third-order valence-electron chi connectivity index (χ3n) is 2.66. The quantitative estimate of drug-likeness (QED) is 0.639. The summed E-state index contributed by atoms with van der Waals surface area (Å²) in [5, 5.41) is 8.59. The van der Waals surface area contributed by atoms with Gasteiger partial charge in [0.25, 0.3) is 0 Å². The minimum absolute atomic E-state index is 0.182. The molecule has 1 aliphatic carbocycles. The molecule has 1 heteroatoms. The number of hydrogen-bond donors (Lipinski definition) is 1. The Balaban J connectivity index is 2.26. The van der Waals surface area contributed by atoms with Gasteiger partial charge in [-0.3, -0.25) is 0 Å². The molecule has 0 spiro atoms. The topological polar surface area (TPSA) is 20.2 Å². The first-order valence-electron chi connectivity index (χ1n) is 4.77. The van der Waals surface area contributed by atoms with Crippen LogP contribution in [0.25, 0.3) is 0 Å². The number of rotatable bonds is 3. The summed E-state index contributed by atoms with van der Waals surface area (Å²) in [5.41, 5.74) is 0. The summed E-state index contributed by atoms with van der Waals surface area (Å²) in [7, 11) is 0. The summed E-state index contributed by atoms with van der Waals surface area (Å²) in [6.07, 6.45) is 11.1. The van der Waals surface area contributed by atoms with Gasteiger partial charge in [-0.25, -0.2) is 0 Å². The van der Waals surface area contributed by atoms with Crippen molar-refractivity contribution in [3.63, 3.8) is 0 Å². The predicted molar refractivity (Wildman–Crippen MR) is 51.9 cm³/mol. The Hall–Kier alpha value is -0.560. The van der Waals surface area contributed by atoms with Gasteiger partial charge < -0.3 is 5.11 Å². The van der Waals surface area contributed by atoms with Crippen LogP contribution in [0.15, 0.2) is 24.8 Å². The van der Waals surface area contributed by atoms with Gasteiger partial charge in [-0.15, -0.1) is 6.58 Å². The zero-order chi connectivity index (χ0) is 8.81. The first kappa shape index (κ1) is 9.53. The normalized spacial score (nSPS) is 30.8. The summed E-state index contributed by atoms with van der Waals surface area (Å²) in [5.74, 6) is 1.44. The van der Waals surface area contributed by atoms with Crippen LogP contribution in [0.5, 0.6) is 0 Å². The Morgan fingerprint density at radius 2 is 1.75 bits per heavy atom. The lowest BCUT2D eigenvalue weighted by atomic mass is 9.82. The van der Waals surface area contributed by atoms with Crippen molar-refractivity contribution in [2.24, 2.45) is 11.8 Å². The molecule has 0 radical (unpaired) electrons. The molecule has 0 aromatic rings. The zero-order valence-electron chi connectivity index (χ0n) is 7.58. The average Bonchev–Trinajstić information content (AvgIpc) is 2.15. The van der Waals surface area contributed by atoms with E-state index in [0.717, 1.165) is 5.92 Å². The van der Waals surface area contributed by atoms with Crippen molar-refractivity contribution in [2.75, 3.05) is 6.61 Å². The molecule has 1 rings (SSSR count). The van der Waals surface area contributed by atoms with Crippen molar-refractivity contribution in [2.45, 2.75) is 25.7 Å². The molecule has 0 heterocycles. The maximum atomic E-state index is 8.59. The molecule has 68 valence electrons. The number of aliphatic hydroxyl groups is 1. The highest BCUT2D eigenvalue weighted by atomic mass is 16.2. The molecule has 1 aliphatic rings. The monoisotopic (exact) mass is 166 g/mol. The molecular formula is C11H18O. The van der Waals surface area contributed by atoms with Crippen LogP contribution < -0.4 is 0 Å². The molecule has 0 atom stereocenters. The van der Waals surface area contributed by atoms with E-state index < -0.39 is 0 Å². The van der Waals surface area contributed by atoms with Crippen LogP contribution >= 0.6 is 0 Å². The van der Waals surface area contributed by atoms with Crippen molar-refractivity contribution >= 4 is 0 Å². The fourth-order valence-electron chi connectivity index (χ4n) is 1.83. The Bertz CT molecular complexity index is 152. The third kappa shape index (κ3) is 2.82. The maximum Gasteiger partial charge on any atom is 0.0612 e. The second kappa shape index (κ2) is 5.15. The van der Waals surface area contributed by atoms with Gasteiger partial charge in [-0.2, -0.15) is 0 Å². The van der Waals surface area contributed by atoms with Crippen LogP contribution in [0.1, 0.15) is 25.7 Å². The van der Waals surface area contributed by atoms with E-state index in [4.69, 9.17) is 5.11 Å². The summed E-state index contributed by atoms with van der Waals surface area (Å²) in [4.78, 5) is 0. The summed E-state index contributed by atoms with van der Waals surface area (Å²) < 4.78 is 0. The first-order chi connectivity index (χ1) is 5.86. The molecule has 0 bridgehead atoms. The molecule has 0 aliphatic heterocycles. The van der Waals surface area contributed by atoms with Crippen LogP contribution in [-0.2, 0) is 0 Å². The highest BCUT2D eigenvalue weighted by Crippen LogP contribution is 2.29. The van der Waals surface area contributed by atoms with Gasteiger partial charge in [0, 0.05) is 0 Å². The van der Waals surface area contributed by atoms with Gasteiger partial charge in [-0.1, -0.05) is 18.2 Å². The summed E-state index contributed by atoms with van der Waals surface area (Å²) in [6.45, 7) is 4.00. The Morgan fingerprint density at radius 3 is 2.25 bits per heavy atom. The van der Waals surface area contributed by atoms with Gasteiger partial charge in [0.05, 0.1) is 6.61 Å². The van der Waals surface area contributed by atoms with E-state index in [-0.39, 0.29) is 6.61 Å². The second-order valence-corrected chi connectivity index (χ2v) is 3.52. The average molecular weight is 166 g/mol. The first-order valence-corrected chi connectivity index (χ1v) is 4.77. The van der Waals surface area contributed by atoms with Gasteiger partial charge in [0.15, 0.2) is 0 Å². The minimum atomic E-state index is 0.182. The molecule has 1 saturated carbocycles. The number of hydrogen-bond acceptors (Lipinski definition) is 1. The smallest absolute Gasteiger partial charge is 0.0612 e. The largest absolute Gasteiger partial charge is 0.392 e. The Kier molecular flexibility index (Phi) is 4.09. The van der Waals surface area contributed by atoms with E-state index in [1.165, 1.54) is 25.7 Å². The molecule has 0 aromatic heterocycles. The number of allylic oxidation sites excluding steroid dienone is 2. The lowest BCUT2D eigenvalue weighted by Crippen LogP contribution is -2.10. The van der Waals surface area contributed by atoms with E-state index in [1.807, 2.05) is 6.08 Å². The van der Waals surface area contributed by atoms with Crippen LogP contribution in [0.3, 0.4) is 0 Å². The van der Waals surface area contributed by atoms with Crippen molar-refractivity contribution < 1.29 is 5.11 Å². The molecule has 1 nitrogen and oxygen atoms in total. The molecule has 12 heavy (non-hydrogen) atoms. The highest BCUT2D eigenvalue weighted by molar-refractivity contribution is 4.93.